The number of aliphatic hydroxyl groups excluding tert-OH is 1. The molecule has 0 spiro atoms. The number of aromatic amines is 1. The highest BCUT2D eigenvalue weighted by Crippen LogP contribution is 2.64. The summed E-state index contributed by atoms with van der Waals surface area (Å²) >= 11 is 0. The maximum absolute atomic E-state index is 14.2. The lowest BCUT2D eigenvalue weighted by atomic mass is 9.62. The highest BCUT2D eigenvalue weighted by molar-refractivity contribution is 8.76. The molecule has 8 rings (SSSR count). The number of rotatable bonds is 5. The van der Waals surface area contributed by atoms with Gasteiger partial charge in [0.2, 0.25) is 0 Å². The summed E-state index contributed by atoms with van der Waals surface area (Å²) in [6.07, 6.45) is 14.9. The van der Waals surface area contributed by atoms with E-state index in [-0.39, 0.29) is 53.0 Å². The summed E-state index contributed by atoms with van der Waals surface area (Å²) in [7, 11) is 3.69. The normalized spacial score (nSPS) is 25.3. The van der Waals surface area contributed by atoms with Crippen LogP contribution in [-0.4, -0.2) is 50.3 Å². The number of aromatic hydroxyl groups is 2. The van der Waals surface area contributed by atoms with E-state index in [0.29, 0.717) is 54.2 Å². The van der Waals surface area contributed by atoms with E-state index in [4.69, 9.17) is 16.2 Å². The number of hydrogen-bond acceptors (Lipinski definition) is 10. The maximum atomic E-state index is 14.2. The van der Waals surface area contributed by atoms with Gasteiger partial charge in [0.15, 0.2) is 23.1 Å². The van der Waals surface area contributed by atoms with Crippen molar-refractivity contribution in [1.82, 2.24) is 4.98 Å². The Kier molecular flexibility index (Phi) is 13.6. The molecule has 0 radical (unpaired) electrons. The Morgan fingerprint density at radius 1 is 0.952 bits per heavy atom. The molecule has 326 valence electrons. The molecule has 3 aromatic carbocycles. The molecule has 62 heavy (non-hydrogen) atoms. The first-order chi connectivity index (χ1) is 29.9. The standard InChI is InChI=1S/C51H59N3O6S2/c1-32(55)4-2-6-37-14-18-50-20-21-51(37,30-50)19-15-38(56)11-8-33-10-13-46(58)48(25-33)60-23-17-34-9-12-45(57)43(24-34)42-28-47(59)39-16-22-54-44(39)7-3-5-35-26-41(49(52)53)36(27-40(35)42)29-61-62-31-50/h9-10,12-13,15-16,19,22,24-27,32,37,42,49,54-55,57-58H,2,4,6-8,11,14,17-18,20-21,23,28-31,52-53H2,1H3/b19-15+/t32-,37+,42-,50-,51-/m0/s1. The number of H-pyrrole nitrogens is 1. The molecular weight excluding hydrogens is 815 g/mol. The van der Waals surface area contributed by atoms with Gasteiger partial charge in [-0.25, -0.2) is 0 Å². The van der Waals surface area contributed by atoms with Crippen LogP contribution in [0.1, 0.15) is 138 Å². The van der Waals surface area contributed by atoms with E-state index in [1.807, 2.05) is 60.2 Å². The number of nitrogens with two attached hydrogens (primary N) is 2. The van der Waals surface area contributed by atoms with Crippen LogP contribution in [0, 0.1) is 28.6 Å². The van der Waals surface area contributed by atoms with Crippen molar-refractivity contribution in [2.75, 3.05) is 12.4 Å². The summed E-state index contributed by atoms with van der Waals surface area (Å²) in [5.74, 6) is 8.79. The summed E-state index contributed by atoms with van der Waals surface area (Å²) in [6, 6.07) is 16.7. The second-order valence-corrected chi connectivity index (χ2v) is 20.7. The minimum Gasteiger partial charge on any atom is -0.508 e. The molecule has 2 saturated carbocycles. The van der Waals surface area contributed by atoms with Gasteiger partial charge in [0, 0.05) is 65.3 Å². The number of carbonyl (C=O) groups excluding carboxylic acids is 2. The van der Waals surface area contributed by atoms with Crippen LogP contribution in [-0.2, 0) is 29.8 Å². The largest absolute Gasteiger partial charge is 0.508 e. The highest BCUT2D eigenvalue weighted by atomic mass is 33.1. The summed E-state index contributed by atoms with van der Waals surface area (Å²) < 4.78 is 6.15. The Morgan fingerprint density at radius 3 is 2.60 bits per heavy atom. The second-order valence-electron chi connectivity index (χ2n) is 18.2. The van der Waals surface area contributed by atoms with Gasteiger partial charge < -0.3 is 36.5 Å². The third kappa shape index (κ3) is 9.85. The molecule has 8 N–H and O–H groups in total. The molecule has 5 atom stereocenters. The molecule has 0 unspecified atom stereocenters. The van der Waals surface area contributed by atoms with Crippen LogP contribution >= 0.6 is 21.6 Å². The van der Waals surface area contributed by atoms with Crippen LogP contribution in [0.2, 0.25) is 0 Å². The Balaban J connectivity index is 1.16. The van der Waals surface area contributed by atoms with Crippen molar-refractivity contribution in [1.29, 1.82) is 0 Å². The number of phenolic OH excluding ortho intramolecular Hbond substituents is 2. The molecule has 2 fully saturated rings. The van der Waals surface area contributed by atoms with Crippen molar-refractivity contribution in [2.45, 2.75) is 114 Å². The lowest BCUT2D eigenvalue weighted by Gasteiger charge is -2.44. The van der Waals surface area contributed by atoms with Gasteiger partial charge >= 0.3 is 0 Å². The number of hydrogen-bond donors (Lipinski definition) is 6. The zero-order chi connectivity index (χ0) is 43.4. The number of aryl methyl sites for hydroxylation is 1. The number of aliphatic hydroxyl groups is 1. The number of Topliss-reactive ketones (excluding diaryl/α,β-unsaturated/α-hetero) is 1. The average molecular weight is 874 g/mol. The molecule has 8 bridgehead atoms. The third-order valence-electron chi connectivity index (χ3n) is 14.0. The molecule has 3 aliphatic carbocycles. The smallest absolute Gasteiger partial charge is 0.165 e. The lowest BCUT2D eigenvalue weighted by Crippen LogP contribution is -2.35. The van der Waals surface area contributed by atoms with E-state index in [1.54, 1.807) is 29.1 Å². The van der Waals surface area contributed by atoms with Gasteiger partial charge in [-0.1, -0.05) is 70.2 Å². The van der Waals surface area contributed by atoms with E-state index in [9.17, 15) is 24.9 Å². The van der Waals surface area contributed by atoms with Crippen molar-refractivity contribution in [3.63, 3.8) is 0 Å². The van der Waals surface area contributed by atoms with Gasteiger partial charge in [-0.2, -0.15) is 0 Å². The number of fused-ring (bicyclic) bond motifs is 7. The van der Waals surface area contributed by atoms with E-state index < -0.39 is 12.1 Å². The minimum absolute atomic E-state index is 0.0250. The number of ketones is 2. The number of phenols is 2. The predicted molar refractivity (Wildman–Crippen MR) is 248 cm³/mol. The molecule has 9 nitrogen and oxygen atoms in total. The van der Waals surface area contributed by atoms with Gasteiger partial charge in [0.05, 0.1) is 25.3 Å². The van der Waals surface area contributed by atoms with Crippen molar-refractivity contribution in [3.05, 3.63) is 123 Å². The SMILES string of the molecule is C[C@H](O)CCC[C@@H]1CC[C@@]23CC[C@@]1(/C=C/C(=O)CCc1ccc(O)c(c1)OCCc1ccc(O)c(c1)[C@H]1CC(=O)c4cc[nH]c4CC#Cc4cc(C(N)N)c(cc41)CSSC2)C3. The van der Waals surface area contributed by atoms with E-state index >= 15 is 0 Å². The van der Waals surface area contributed by atoms with Crippen LogP contribution in [0.15, 0.2) is 72.9 Å². The molecule has 2 heterocycles. The number of ether oxygens (including phenoxy) is 1. The average Bonchev–Trinajstić information content (AvgIpc) is 3.85. The van der Waals surface area contributed by atoms with Gasteiger partial charge in [-0.3, -0.25) is 9.59 Å². The molecule has 11 heteroatoms. The Bertz CT molecular complexity index is 2400. The first-order valence-corrected chi connectivity index (χ1v) is 24.7. The lowest BCUT2D eigenvalue weighted by molar-refractivity contribution is -0.114. The fraction of sp³-hybridized carbons (Fsp3) is 0.451. The van der Waals surface area contributed by atoms with E-state index in [2.05, 4.69) is 29.0 Å². The number of carbonyl (C=O) groups is 2. The second kappa shape index (κ2) is 19.1. The summed E-state index contributed by atoms with van der Waals surface area (Å²) in [5, 5.41) is 32.4. The van der Waals surface area contributed by atoms with Crippen LogP contribution < -0.4 is 16.2 Å². The first kappa shape index (κ1) is 44.2. The summed E-state index contributed by atoms with van der Waals surface area (Å²) in [4.78, 5) is 30.9. The van der Waals surface area contributed by atoms with Gasteiger partial charge in [0.25, 0.3) is 0 Å². The maximum Gasteiger partial charge on any atom is 0.165 e. The molecule has 4 aliphatic rings. The topological polar surface area (TPSA) is 172 Å². The minimum atomic E-state index is -0.742. The number of aromatic nitrogens is 1. The van der Waals surface area contributed by atoms with Crippen molar-refractivity contribution >= 4 is 33.2 Å². The zero-order valence-corrected chi connectivity index (χ0v) is 37.2. The van der Waals surface area contributed by atoms with Crippen LogP contribution in [0.25, 0.3) is 0 Å². The van der Waals surface area contributed by atoms with Crippen LogP contribution in [0.3, 0.4) is 0 Å². The third-order valence-corrected chi connectivity index (χ3v) is 16.5. The molecule has 0 amide bonds. The van der Waals surface area contributed by atoms with Crippen molar-refractivity contribution in [3.8, 4) is 29.1 Å². The summed E-state index contributed by atoms with van der Waals surface area (Å²) in [6.45, 7) is 2.11. The quantitative estimate of drug-likeness (QED) is 0.0645. The van der Waals surface area contributed by atoms with Gasteiger partial charge in [-0.05, 0) is 139 Å². The van der Waals surface area contributed by atoms with Gasteiger partial charge in [0.1, 0.15) is 5.75 Å². The molecule has 0 saturated heterocycles. The molecule has 1 aromatic heterocycles. The Morgan fingerprint density at radius 2 is 1.77 bits per heavy atom. The zero-order valence-electron chi connectivity index (χ0n) is 35.6. The van der Waals surface area contributed by atoms with Crippen molar-refractivity contribution < 1.29 is 29.6 Å². The Labute approximate surface area is 373 Å². The van der Waals surface area contributed by atoms with Crippen molar-refractivity contribution in [2.24, 2.45) is 28.2 Å². The fourth-order valence-electron chi connectivity index (χ4n) is 10.5. The number of benzene rings is 3. The van der Waals surface area contributed by atoms with E-state index in [0.717, 1.165) is 96.2 Å². The number of allylic oxidation sites excluding steroid dienone is 2. The highest BCUT2D eigenvalue weighted by Gasteiger charge is 2.53. The van der Waals surface area contributed by atoms with Gasteiger partial charge in [-0.15, -0.1) is 0 Å². The number of nitrogens with one attached hydrogen (secondary N) is 1. The molecule has 1 aliphatic heterocycles. The van der Waals surface area contributed by atoms with E-state index in [1.165, 1.54) is 0 Å². The molecule has 4 aromatic rings. The molecular formula is C51H59N3O6S2. The predicted octanol–water partition coefficient (Wildman–Crippen LogP) is 9.35. The summed E-state index contributed by atoms with van der Waals surface area (Å²) in [5.41, 5.74) is 20.2. The van der Waals surface area contributed by atoms with Crippen LogP contribution in [0.5, 0.6) is 17.2 Å². The Hall–Kier alpha value is -4.44. The fourth-order valence-corrected chi connectivity index (χ4v) is 13.3. The van der Waals surface area contributed by atoms with Crippen LogP contribution in [0.4, 0.5) is 0 Å². The first-order valence-electron chi connectivity index (χ1n) is 22.2. The monoisotopic (exact) mass is 873 g/mol.